The summed E-state index contributed by atoms with van der Waals surface area (Å²) in [4.78, 5) is 8.33. The van der Waals surface area contributed by atoms with Gasteiger partial charge < -0.3 is 5.11 Å². The molecule has 0 unspecified atom stereocenters. The first-order valence-corrected chi connectivity index (χ1v) is 7.05. The summed E-state index contributed by atoms with van der Waals surface area (Å²) in [7, 11) is 0. The number of aromatic nitrogens is 4. The molecule has 3 rings (SSSR count). The van der Waals surface area contributed by atoms with E-state index in [2.05, 4.69) is 22.0 Å². The number of hydrogen-bond donors (Lipinski definition) is 0. The summed E-state index contributed by atoms with van der Waals surface area (Å²) in [6.07, 6.45) is 2.58. The van der Waals surface area contributed by atoms with Crippen LogP contribution in [-0.2, 0) is 0 Å². The first-order valence-electron chi connectivity index (χ1n) is 6.07. The van der Waals surface area contributed by atoms with E-state index in [0.29, 0.717) is 10.7 Å². The molecule has 3 aromatic rings. The maximum atomic E-state index is 12.2. The fraction of sp³-hybridized carbons (Fsp3) is 0.231. The molecule has 0 spiro atoms. The van der Waals surface area contributed by atoms with E-state index in [-0.39, 0.29) is 5.88 Å². The third-order valence-electron chi connectivity index (χ3n) is 2.72. The number of nitrogens with zero attached hydrogens (tertiary/aromatic N) is 4. The van der Waals surface area contributed by atoms with Crippen LogP contribution in [0.4, 0.5) is 0 Å². The molecule has 0 amide bonds. The van der Waals surface area contributed by atoms with Gasteiger partial charge in [-0.15, -0.1) is 0 Å². The number of rotatable bonds is 3. The monoisotopic (exact) mass is 272 g/mol. The lowest BCUT2D eigenvalue weighted by molar-refractivity contribution is -0.591. The molecule has 96 valence electrons. The van der Waals surface area contributed by atoms with E-state index >= 15 is 0 Å². The average molecular weight is 272 g/mol. The van der Waals surface area contributed by atoms with Crippen molar-refractivity contribution in [1.29, 1.82) is 0 Å². The van der Waals surface area contributed by atoms with E-state index in [1.165, 1.54) is 16.3 Å². The fourth-order valence-corrected chi connectivity index (χ4v) is 2.56. The normalized spacial score (nSPS) is 11.2. The van der Waals surface area contributed by atoms with Crippen LogP contribution < -0.4 is 9.62 Å². The number of benzene rings is 1. The molecule has 19 heavy (non-hydrogen) atoms. The molecule has 2 aromatic heterocycles. The first kappa shape index (κ1) is 12.1. The summed E-state index contributed by atoms with van der Waals surface area (Å²) in [5.41, 5.74) is 1.25. The summed E-state index contributed by atoms with van der Waals surface area (Å²) >= 11 is 1.48. The highest BCUT2D eigenvalue weighted by Crippen LogP contribution is 2.21. The maximum Gasteiger partial charge on any atom is 0.312 e. The van der Waals surface area contributed by atoms with Crippen LogP contribution in [0.3, 0.4) is 0 Å². The standard InChI is InChI=1S/C13H12N4OS/c1-2-7-19-13-15-12(18)11-9-5-3-4-6-10(9)14-8-17(11)16-13/h3-6,8H,2,7H2,1H3. The topological polar surface area (TPSA) is 65.8 Å². The molecule has 0 N–H and O–H groups in total. The number of thioether (sulfide) groups is 1. The summed E-state index contributed by atoms with van der Waals surface area (Å²) in [5, 5.41) is 17.8. The van der Waals surface area contributed by atoms with Crippen molar-refractivity contribution in [3.63, 3.8) is 0 Å². The Morgan fingerprint density at radius 1 is 1.32 bits per heavy atom. The van der Waals surface area contributed by atoms with Crippen molar-refractivity contribution in [2.45, 2.75) is 18.5 Å². The predicted molar refractivity (Wildman–Crippen MR) is 71.0 cm³/mol. The Morgan fingerprint density at radius 3 is 3.00 bits per heavy atom. The molecule has 0 atom stereocenters. The zero-order valence-electron chi connectivity index (χ0n) is 10.4. The summed E-state index contributed by atoms with van der Waals surface area (Å²) < 4.78 is 1.52. The minimum atomic E-state index is -0.257. The van der Waals surface area contributed by atoms with Gasteiger partial charge in [0.25, 0.3) is 0 Å². The minimum absolute atomic E-state index is 0.257. The molecule has 2 heterocycles. The van der Waals surface area contributed by atoms with Gasteiger partial charge >= 0.3 is 6.33 Å². The maximum absolute atomic E-state index is 12.2. The van der Waals surface area contributed by atoms with E-state index in [1.807, 2.05) is 24.3 Å². The van der Waals surface area contributed by atoms with Crippen molar-refractivity contribution >= 4 is 28.2 Å². The zero-order chi connectivity index (χ0) is 13.2. The highest BCUT2D eigenvalue weighted by atomic mass is 32.2. The smallest absolute Gasteiger partial charge is 0.312 e. The van der Waals surface area contributed by atoms with Crippen LogP contribution in [0.1, 0.15) is 13.3 Å². The second-order valence-electron chi connectivity index (χ2n) is 4.10. The van der Waals surface area contributed by atoms with Crippen molar-refractivity contribution in [1.82, 2.24) is 15.1 Å². The second-order valence-corrected chi connectivity index (χ2v) is 5.16. The van der Waals surface area contributed by atoms with E-state index in [0.717, 1.165) is 23.1 Å². The number of para-hydroxylation sites is 1. The van der Waals surface area contributed by atoms with E-state index in [1.54, 1.807) is 6.33 Å². The fourth-order valence-electron chi connectivity index (χ4n) is 1.88. The quantitative estimate of drug-likeness (QED) is 0.409. The van der Waals surface area contributed by atoms with Crippen molar-refractivity contribution in [3.8, 4) is 5.88 Å². The van der Waals surface area contributed by atoms with Crippen LogP contribution in [-0.4, -0.2) is 20.8 Å². The third kappa shape index (κ3) is 2.19. The molecule has 6 heteroatoms. The lowest BCUT2D eigenvalue weighted by Crippen LogP contribution is -2.30. The Hall–Kier alpha value is -1.95. The number of hydrogen-bond acceptors (Lipinski definition) is 5. The SMILES string of the molecule is CCCSc1nc([O-])c2c3ccccc3nc[n+]2n1. The highest BCUT2D eigenvalue weighted by molar-refractivity contribution is 7.99. The Bertz CT molecular complexity index is 747. The van der Waals surface area contributed by atoms with Gasteiger partial charge in [-0.1, -0.05) is 40.4 Å². The van der Waals surface area contributed by atoms with Gasteiger partial charge in [-0.05, 0) is 23.5 Å². The lowest BCUT2D eigenvalue weighted by Gasteiger charge is -2.08. The van der Waals surface area contributed by atoms with Crippen LogP contribution in [0.25, 0.3) is 16.4 Å². The van der Waals surface area contributed by atoms with Crippen LogP contribution >= 0.6 is 11.8 Å². The molecule has 0 aliphatic heterocycles. The van der Waals surface area contributed by atoms with Gasteiger partial charge in [-0.3, -0.25) is 0 Å². The van der Waals surface area contributed by atoms with Crippen LogP contribution in [0.15, 0.2) is 35.7 Å². The van der Waals surface area contributed by atoms with Gasteiger partial charge in [-0.2, -0.15) is 0 Å². The molecule has 0 fully saturated rings. The van der Waals surface area contributed by atoms with Crippen LogP contribution in [0.2, 0.25) is 0 Å². The predicted octanol–water partition coefficient (Wildman–Crippen LogP) is 1.34. The summed E-state index contributed by atoms with van der Waals surface area (Å²) in [6.45, 7) is 2.08. The molecular formula is C13H12N4OS. The third-order valence-corrected chi connectivity index (χ3v) is 3.77. The van der Waals surface area contributed by atoms with E-state index in [4.69, 9.17) is 0 Å². The van der Waals surface area contributed by atoms with E-state index < -0.39 is 0 Å². The first-order chi connectivity index (χ1) is 9.29. The van der Waals surface area contributed by atoms with Crippen molar-refractivity contribution in [2.75, 3.05) is 5.75 Å². The van der Waals surface area contributed by atoms with Crippen molar-refractivity contribution in [3.05, 3.63) is 30.6 Å². The Balaban J connectivity index is 2.24. The molecule has 0 radical (unpaired) electrons. The number of fused-ring (bicyclic) bond motifs is 3. The lowest BCUT2D eigenvalue weighted by atomic mass is 10.2. The van der Waals surface area contributed by atoms with Crippen molar-refractivity contribution in [2.24, 2.45) is 0 Å². The van der Waals surface area contributed by atoms with E-state index in [9.17, 15) is 5.11 Å². The van der Waals surface area contributed by atoms with Gasteiger partial charge in [0.2, 0.25) is 5.16 Å². The summed E-state index contributed by atoms with van der Waals surface area (Å²) in [6, 6.07) is 7.50. The van der Waals surface area contributed by atoms with Crippen LogP contribution in [0, 0.1) is 0 Å². The molecule has 0 bridgehead atoms. The molecular weight excluding hydrogens is 260 g/mol. The molecule has 0 saturated carbocycles. The molecule has 0 aliphatic rings. The van der Waals surface area contributed by atoms with Crippen LogP contribution in [0.5, 0.6) is 5.88 Å². The minimum Gasteiger partial charge on any atom is -0.856 e. The Labute approximate surface area is 114 Å². The average Bonchev–Trinajstić information content (AvgIpc) is 2.44. The zero-order valence-corrected chi connectivity index (χ0v) is 11.2. The highest BCUT2D eigenvalue weighted by Gasteiger charge is 2.12. The Morgan fingerprint density at radius 2 is 2.16 bits per heavy atom. The van der Waals surface area contributed by atoms with Gasteiger partial charge in [0.05, 0.1) is 5.39 Å². The van der Waals surface area contributed by atoms with Gasteiger partial charge in [-0.25, -0.2) is 4.98 Å². The molecule has 1 aromatic carbocycles. The van der Waals surface area contributed by atoms with Gasteiger partial charge in [0, 0.05) is 11.6 Å². The largest absolute Gasteiger partial charge is 0.856 e. The van der Waals surface area contributed by atoms with Crippen molar-refractivity contribution < 1.29 is 9.62 Å². The Kier molecular flexibility index (Phi) is 3.16. The van der Waals surface area contributed by atoms with Gasteiger partial charge in [0.1, 0.15) is 0 Å². The second kappa shape index (κ2) is 4.97. The van der Waals surface area contributed by atoms with Gasteiger partial charge in [0.15, 0.2) is 11.0 Å². The molecule has 0 aliphatic carbocycles. The molecule has 0 saturated heterocycles. The summed E-state index contributed by atoms with van der Waals surface area (Å²) in [5.74, 6) is 0.638. The molecule has 5 nitrogen and oxygen atoms in total.